The van der Waals surface area contributed by atoms with Crippen LogP contribution >= 0.6 is 0 Å². The molecule has 0 aromatic heterocycles. The zero-order chi connectivity index (χ0) is 38.2. The molecule has 0 unspecified atom stereocenters. The second-order valence-corrected chi connectivity index (χ2v) is 7.57. The van der Waals surface area contributed by atoms with E-state index in [2.05, 4.69) is 42.6 Å². The molecule has 0 N–H and O–H groups in total. The number of carbonyl (C=O) groups excluding carboxylic acids is 8. The second-order valence-electron chi connectivity index (χ2n) is 7.57. The molecule has 0 amide bonds. The number of carbonyl (C=O) groups is 8. The molecule has 0 aromatic carbocycles. The summed E-state index contributed by atoms with van der Waals surface area (Å²) in [6.07, 6.45) is 0. The van der Waals surface area contributed by atoms with Gasteiger partial charge in [-0.2, -0.15) is 0 Å². The van der Waals surface area contributed by atoms with Gasteiger partial charge in [-0.25, -0.2) is 14.4 Å². The molecule has 0 radical (unpaired) electrons. The Labute approximate surface area is 281 Å². The number of esters is 8. The predicted octanol–water partition coefficient (Wildman–Crippen LogP) is 1.40. The number of rotatable bonds is 17. The lowest BCUT2D eigenvalue weighted by atomic mass is 10.7. The molecule has 0 aliphatic heterocycles. The van der Waals surface area contributed by atoms with Gasteiger partial charge in [0.2, 0.25) is 0 Å². The predicted molar refractivity (Wildman–Crippen MR) is 162 cm³/mol. The summed E-state index contributed by atoms with van der Waals surface area (Å²) in [5.74, 6) is -3.55. The Hall–Kier alpha value is -4.36. The Morgan fingerprint density at radius 3 is 0.896 bits per heavy atom. The van der Waals surface area contributed by atoms with Crippen LogP contribution in [-0.2, 0) is 90.5 Å². The molecule has 0 aliphatic rings. The van der Waals surface area contributed by atoms with Crippen LogP contribution in [0.25, 0.3) is 0 Å². The molecule has 0 spiro atoms. The highest BCUT2D eigenvalue weighted by atomic mass is 16.7. The number of ether oxygens (including phenoxy) is 11. The fourth-order valence-corrected chi connectivity index (χ4v) is 1.62. The third kappa shape index (κ3) is 68.7. The first-order valence-corrected chi connectivity index (χ1v) is 14.4. The van der Waals surface area contributed by atoms with Gasteiger partial charge in [-0.05, 0) is 34.6 Å². The Kier molecular flexibility index (Phi) is 47.2. The minimum atomic E-state index is -0.612. The lowest BCUT2D eigenvalue weighted by Gasteiger charge is -2.03. The van der Waals surface area contributed by atoms with Gasteiger partial charge in [-0.3, -0.25) is 24.0 Å². The Bertz CT molecular complexity index is 873. The quantitative estimate of drug-likeness (QED) is 0.0899. The zero-order valence-electron chi connectivity index (χ0n) is 29.5. The summed E-state index contributed by atoms with van der Waals surface area (Å²) in [6, 6.07) is 0. The van der Waals surface area contributed by atoms with Crippen molar-refractivity contribution in [2.45, 2.75) is 69.2 Å². The first-order chi connectivity index (χ1) is 22.5. The van der Waals surface area contributed by atoms with Crippen LogP contribution < -0.4 is 0 Å². The van der Waals surface area contributed by atoms with Crippen molar-refractivity contribution in [1.82, 2.24) is 0 Å². The largest absolute Gasteiger partial charge is 0.466 e. The van der Waals surface area contributed by atoms with Gasteiger partial charge in [0.1, 0.15) is 6.61 Å². The van der Waals surface area contributed by atoms with E-state index in [1.165, 1.54) is 34.6 Å². The van der Waals surface area contributed by atoms with E-state index in [-0.39, 0.29) is 52.1 Å². The molecule has 48 heavy (non-hydrogen) atoms. The average molecular weight is 705 g/mol. The third-order valence-corrected chi connectivity index (χ3v) is 3.37. The van der Waals surface area contributed by atoms with Crippen LogP contribution in [0.4, 0.5) is 0 Å². The van der Waals surface area contributed by atoms with Gasteiger partial charge in [-0.15, -0.1) is 0 Å². The highest BCUT2D eigenvalue weighted by molar-refractivity contribution is 5.75. The van der Waals surface area contributed by atoms with Crippen molar-refractivity contribution in [2.24, 2.45) is 0 Å². The van der Waals surface area contributed by atoms with Crippen molar-refractivity contribution < 1.29 is 90.5 Å². The fourth-order valence-electron chi connectivity index (χ4n) is 1.62. The van der Waals surface area contributed by atoms with Crippen LogP contribution in [0, 0.1) is 0 Å². The molecule has 0 heterocycles. The number of hydrogen-bond donors (Lipinski definition) is 0. The van der Waals surface area contributed by atoms with Gasteiger partial charge >= 0.3 is 47.8 Å². The fraction of sp³-hybridized carbons (Fsp3) is 0.724. The minimum Gasteiger partial charge on any atom is -0.466 e. The molecule has 0 saturated heterocycles. The van der Waals surface area contributed by atoms with E-state index in [1.807, 2.05) is 6.92 Å². The highest BCUT2D eigenvalue weighted by Gasteiger charge is 2.04. The van der Waals surface area contributed by atoms with Crippen LogP contribution in [0.3, 0.4) is 0 Å². The summed E-state index contributed by atoms with van der Waals surface area (Å²) in [5.41, 5.74) is 0. The van der Waals surface area contributed by atoms with Crippen LogP contribution in [0.2, 0.25) is 0 Å². The summed E-state index contributed by atoms with van der Waals surface area (Å²) >= 11 is 0. The maximum absolute atomic E-state index is 10.6. The van der Waals surface area contributed by atoms with Crippen molar-refractivity contribution in [2.75, 3.05) is 73.2 Å². The van der Waals surface area contributed by atoms with E-state index in [9.17, 15) is 38.4 Å². The molecule has 0 bridgehead atoms. The summed E-state index contributed by atoms with van der Waals surface area (Å²) in [6.45, 7) is 16.3. The van der Waals surface area contributed by atoms with Crippen LogP contribution in [-0.4, -0.2) is 121 Å². The molecule has 0 atom stereocenters. The number of hydrogen-bond acceptors (Lipinski definition) is 19. The topological polar surface area (TPSA) is 238 Å². The van der Waals surface area contributed by atoms with Crippen molar-refractivity contribution in [1.29, 1.82) is 0 Å². The second kappa shape index (κ2) is 42.6. The lowest BCUT2D eigenvalue weighted by molar-refractivity contribution is -0.166. The van der Waals surface area contributed by atoms with Crippen LogP contribution in [0.15, 0.2) is 0 Å². The molecule has 19 nitrogen and oxygen atoms in total. The lowest BCUT2D eigenvalue weighted by Crippen LogP contribution is -2.16. The first kappa shape index (κ1) is 53.1. The van der Waals surface area contributed by atoms with Gasteiger partial charge in [0.05, 0.1) is 19.8 Å². The molecule has 0 aliphatic carbocycles. The normalized spacial score (nSPS) is 8.79. The Morgan fingerprint density at radius 2 is 0.604 bits per heavy atom. The van der Waals surface area contributed by atoms with E-state index in [1.54, 1.807) is 27.7 Å². The molecule has 282 valence electrons. The molecular weight excluding hydrogens is 652 g/mol. The van der Waals surface area contributed by atoms with E-state index >= 15 is 0 Å². The van der Waals surface area contributed by atoms with E-state index in [0.29, 0.717) is 33.0 Å². The zero-order valence-corrected chi connectivity index (χ0v) is 29.5. The average Bonchev–Trinajstić information content (AvgIpc) is 2.99. The monoisotopic (exact) mass is 704 g/mol. The Morgan fingerprint density at radius 1 is 0.312 bits per heavy atom. The molecular formula is C29H52O19. The Balaban J connectivity index is -0.000000164. The van der Waals surface area contributed by atoms with Gasteiger partial charge in [-0.1, -0.05) is 0 Å². The summed E-state index contributed by atoms with van der Waals surface area (Å²) in [7, 11) is 0. The highest BCUT2D eigenvalue weighted by Crippen LogP contribution is 1.85. The van der Waals surface area contributed by atoms with Crippen molar-refractivity contribution >= 4 is 47.8 Å². The van der Waals surface area contributed by atoms with E-state index in [4.69, 9.17) is 9.47 Å². The van der Waals surface area contributed by atoms with Crippen molar-refractivity contribution in [3.63, 3.8) is 0 Å². The summed E-state index contributed by atoms with van der Waals surface area (Å²) in [4.78, 5) is 82.1. The van der Waals surface area contributed by atoms with Crippen molar-refractivity contribution in [3.8, 4) is 0 Å². The van der Waals surface area contributed by atoms with Crippen LogP contribution in [0.1, 0.15) is 69.2 Å². The van der Waals surface area contributed by atoms with Gasteiger partial charge in [0.15, 0.2) is 33.6 Å². The molecule has 0 saturated carbocycles. The van der Waals surface area contributed by atoms with E-state index < -0.39 is 35.8 Å². The summed E-state index contributed by atoms with van der Waals surface area (Å²) < 4.78 is 49.5. The molecule has 0 aromatic rings. The minimum absolute atomic E-state index is 0.0752. The molecule has 0 rings (SSSR count). The SMILES string of the molecule is CCOC(=O)COC(C)=O.CCOC(=O)COCOC(C)=O.CCOC(C)=O.CCOCOC(=O)COC(C)=O.CCOCOC(C)=O. The smallest absolute Gasteiger partial charge is 0.346 e. The van der Waals surface area contributed by atoms with Gasteiger partial charge in [0.25, 0.3) is 0 Å². The van der Waals surface area contributed by atoms with Gasteiger partial charge in [0, 0.05) is 47.8 Å². The van der Waals surface area contributed by atoms with E-state index in [0.717, 1.165) is 0 Å². The maximum atomic E-state index is 10.6. The van der Waals surface area contributed by atoms with Crippen LogP contribution in [0.5, 0.6) is 0 Å². The third-order valence-electron chi connectivity index (χ3n) is 3.37. The molecule has 0 fully saturated rings. The first-order valence-electron chi connectivity index (χ1n) is 14.4. The van der Waals surface area contributed by atoms with Crippen molar-refractivity contribution in [3.05, 3.63) is 0 Å². The van der Waals surface area contributed by atoms with Gasteiger partial charge < -0.3 is 52.1 Å². The summed E-state index contributed by atoms with van der Waals surface area (Å²) in [5, 5.41) is 0. The standard InChI is InChI=1S/2C7H12O5.C6H10O4.C5H10O3.C4H8O2/c1-3-11-7(9)4-10-5-12-6(2)8;1-3-10-5-12-7(9)4-11-6(2)8;1-3-9-6(8)4-10-5(2)7;1-3-7-4-8-5(2)6;1-3-6-4(2)5/h2*3-5H2,1-2H3;3-4H2,1-2H3;3-4H2,1-2H3;3H2,1-2H3. The maximum Gasteiger partial charge on any atom is 0.346 e. The molecule has 19 heteroatoms.